The van der Waals surface area contributed by atoms with E-state index in [1.807, 2.05) is 17.6 Å². The largest absolute Gasteiger partial charge is 0.543 e. The Bertz CT molecular complexity index is 1310. The summed E-state index contributed by atoms with van der Waals surface area (Å²) in [6.45, 7) is 13.9. The van der Waals surface area contributed by atoms with Crippen LogP contribution in [0.4, 0.5) is 0 Å². The zero-order valence-electron chi connectivity index (χ0n) is 22.4. The van der Waals surface area contributed by atoms with Crippen molar-refractivity contribution in [2.75, 3.05) is 7.11 Å². The van der Waals surface area contributed by atoms with Crippen molar-refractivity contribution in [2.45, 2.75) is 64.5 Å². The van der Waals surface area contributed by atoms with Gasteiger partial charge in [-0.2, -0.15) is 0 Å². The van der Waals surface area contributed by atoms with Gasteiger partial charge in [-0.05, 0) is 64.7 Å². The first kappa shape index (κ1) is 26.4. The third-order valence-electron chi connectivity index (χ3n) is 7.37. The summed E-state index contributed by atoms with van der Waals surface area (Å²) < 4.78 is 19.3. The number of benzene rings is 3. The average Bonchev–Trinajstić information content (AvgIpc) is 3.38. The molecule has 3 aromatic carbocycles. The predicted octanol–water partition coefficient (Wildman–Crippen LogP) is 8.56. The SMILES string of the molecule is CCC(OC)(c1cc(OCc2ccc3ccccc3c2)cc(O[Si](C)(C)C(C)(C)C)c1)c1nccs1. The molecule has 6 heteroatoms. The zero-order valence-corrected chi connectivity index (χ0v) is 24.2. The lowest BCUT2D eigenvalue weighted by Crippen LogP contribution is -2.44. The van der Waals surface area contributed by atoms with Crippen molar-refractivity contribution in [1.82, 2.24) is 4.98 Å². The van der Waals surface area contributed by atoms with Gasteiger partial charge in [0.2, 0.25) is 8.32 Å². The lowest BCUT2D eigenvalue weighted by molar-refractivity contribution is 0.0181. The van der Waals surface area contributed by atoms with Crippen LogP contribution in [0.25, 0.3) is 10.8 Å². The molecule has 0 aliphatic heterocycles. The number of nitrogens with zero attached hydrogens (tertiary/aromatic N) is 1. The highest BCUT2D eigenvalue weighted by Crippen LogP contribution is 2.43. The van der Waals surface area contributed by atoms with Crippen molar-refractivity contribution in [3.63, 3.8) is 0 Å². The highest BCUT2D eigenvalue weighted by atomic mass is 32.1. The molecule has 1 atom stereocenters. The van der Waals surface area contributed by atoms with Crippen molar-refractivity contribution in [2.24, 2.45) is 0 Å². The Morgan fingerprint density at radius 1 is 0.917 bits per heavy atom. The molecule has 0 aliphatic carbocycles. The van der Waals surface area contributed by atoms with E-state index >= 15 is 0 Å². The topological polar surface area (TPSA) is 40.6 Å². The number of fused-ring (bicyclic) bond motifs is 1. The van der Waals surface area contributed by atoms with Crippen LogP contribution in [0.15, 0.2) is 72.2 Å². The van der Waals surface area contributed by atoms with Gasteiger partial charge in [-0.1, -0.05) is 64.1 Å². The Kier molecular flexibility index (Phi) is 7.60. The standard InChI is InChI=1S/C30H37NO3SSi/c1-8-30(32-5,28-31-15-16-35-28)25-18-26(20-27(19-25)34-36(6,7)29(2,3)4)33-21-22-13-14-23-11-9-10-12-24(23)17-22/h9-20H,8,21H2,1-7H3. The van der Waals surface area contributed by atoms with Crippen LogP contribution >= 0.6 is 11.3 Å². The number of hydrogen-bond acceptors (Lipinski definition) is 5. The third kappa shape index (κ3) is 5.36. The second-order valence-electron chi connectivity index (χ2n) is 10.7. The molecule has 0 spiro atoms. The van der Waals surface area contributed by atoms with Crippen LogP contribution in [0.1, 0.15) is 50.3 Å². The molecule has 0 saturated heterocycles. The van der Waals surface area contributed by atoms with Gasteiger partial charge in [0.25, 0.3) is 0 Å². The van der Waals surface area contributed by atoms with Gasteiger partial charge in [-0.3, -0.25) is 0 Å². The summed E-state index contributed by atoms with van der Waals surface area (Å²) in [5, 5.41) is 5.43. The fourth-order valence-electron chi connectivity index (χ4n) is 4.14. The molecule has 0 fully saturated rings. The minimum atomic E-state index is -2.06. The van der Waals surface area contributed by atoms with Crippen LogP contribution in [-0.4, -0.2) is 20.4 Å². The van der Waals surface area contributed by atoms with Gasteiger partial charge in [0, 0.05) is 24.8 Å². The van der Waals surface area contributed by atoms with E-state index in [9.17, 15) is 0 Å². The number of rotatable bonds is 9. The minimum Gasteiger partial charge on any atom is -0.543 e. The Labute approximate surface area is 220 Å². The molecule has 0 bridgehead atoms. The van der Waals surface area contributed by atoms with Crippen LogP contribution < -0.4 is 9.16 Å². The van der Waals surface area contributed by atoms with Crippen molar-refractivity contribution < 1.29 is 13.9 Å². The van der Waals surface area contributed by atoms with Gasteiger partial charge in [0.1, 0.15) is 28.7 Å². The van der Waals surface area contributed by atoms with Crippen molar-refractivity contribution >= 4 is 30.4 Å². The first-order valence-corrected chi connectivity index (χ1v) is 16.3. The van der Waals surface area contributed by atoms with Crippen LogP contribution in [0.2, 0.25) is 18.1 Å². The summed E-state index contributed by atoms with van der Waals surface area (Å²) >= 11 is 1.61. The number of methoxy groups -OCH3 is 1. The monoisotopic (exact) mass is 519 g/mol. The molecule has 0 N–H and O–H groups in total. The summed E-state index contributed by atoms with van der Waals surface area (Å²) in [5.41, 5.74) is 1.45. The van der Waals surface area contributed by atoms with E-state index in [1.165, 1.54) is 10.8 Å². The number of ether oxygens (including phenoxy) is 2. The van der Waals surface area contributed by atoms with Gasteiger partial charge in [-0.25, -0.2) is 4.98 Å². The first-order chi connectivity index (χ1) is 17.1. The van der Waals surface area contributed by atoms with Crippen LogP contribution in [0.5, 0.6) is 11.5 Å². The maximum atomic E-state index is 6.75. The third-order valence-corrected chi connectivity index (χ3v) is 12.6. The molecule has 36 heavy (non-hydrogen) atoms. The van der Waals surface area contributed by atoms with Crippen molar-refractivity contribution in [1.29, 1.82) is 0 Å². The lowest BCUT2D eigenvalue weighted by Gasteiger charge is -2.37. The summed E-state index contributed by atoms with van der Waals surface area (Å²) in [6, 6.07) is 21.0. The first-order valence-electron chi connectivity index (χ1n) is 12.5. The Morgan fingerprint density at radius 3 is 2.28 bits per heavy atom. The fourth-order valence-corrected chi connectivity index (χ4v) is 6.06. The van der Waals surface area contributed by atoms with Gasteiger partial charge < -0.3 is 13.9 Å². The van der Waals surface area contributed by atoms with E-state index in [1.54, 1.807) is 18.4 Å². The normalized spacial score (nSPS) is 14.0. The average molecular weight is 520 g/mol. The molecule has 0 saturated carbocycles. The molecule has 1 heterocycles. The van der Waals surface area contributed by atoms with E-state index in [-0.39, 0.29) is 5.04 Å². The summed E-state index contributed by atoms with van der Waals surface area (Å²) in [4.78, 5) is 4.62. The van der Waals surface area contributed by atoms with Gasteiger partial charge >= 0.3 is 0 Å². The second kappa shape index (κ2) is 10.4. The fraction of sp³-hybridized carbons (Fsp3) is 0.367. The molecule has 1 aromatic heterocycles. The molecule has 190 valence electrons. The molecular weight excluding hydrogens is 482 g/mol. The summed E-state index contributed by atoms with van der Waals surface area (Å²) in [7, 11) is -0.312. The van der Waals surface area contributed by atoms with Crippen molar-refractivity contribution in [3.05, 3.63) is 88.4 Å². The Hall–Kier alpha value is -2.67. The van der Waals surface area contributed by atoms with Gasteiger partial charge in [0.05, 0.1) is 0 Å². The highest BCUT2D eigenvalue weighted by molar-refractivity contribution is 7.09. The summed E-state index contributed by atoms with van der Waals surface area (Å²) in [6.07, 6.45) is 2.57. The molecule has 0 radical (unpaired) electrons. The number of hydrogen-bond donors (Lipinski definition) is 0. The number of aromatic nitrogens is 1. The van der Waals surface area contributed by atoms with Crippen LogP contribution in [0.3, 0.4) is 0 Å². The van der Waals surface area contributed by atoms with E-state index < -0.39 is 13.9 Å². The van der Waals surface area contributed by atoms with Crippen LogP contribution in [-0.2, 0) is 16.9 Å². The molecular formula is C30H37NO3SSi. The van der Waals surface area contributed by atoms with Crippen molar-refractivity contribution in [3.8, 4) is 11.5 Å². The van der Waals surface area contributed by atoms with Gasteiger partial charge in [0.15, 0.2) is 0 Å². The quantitative estimate of drug-likeness (QED) is 0.208. The van der Waals surface area contributed by atoms with Gasteiger partial charge in [-0.15, -0.1) is 11.3 Å². The molecule has 4 aromatic rings. The molecule has 1 unspecified atom stereocenters. The maximum Gasteiger partial charge on any atom is 0.250 e. The van der Waals surface area contributed by atoms with E-state index in [2.05, 4.69) is 100 Å². The number of thiazole rings is 1. The van der Waals surface area contributed by atoms with E-state index in [0.717, 1.165) is 34.1 Å². The molecule has 4 rings (SSSR count). The molecule has 4 nitrogen and oxygen atoms in total. The Balaban J connectivity index is 1.73. The second-order valence-corrected chi connectivity index (χ2v) is 16.4. The molecule has 0 aliphatic rings. The molecule has 0 amide bonds. The maximum absolute atomic E-state index is 6.75. The Morgan fingerprint density at radius 2 is 1.64 bits per heavy atom. The highest BCUT2D eigenvalue weighted by Gasteiger charge is 2.40. The lowest BCUT2D eigenvalue weighted by atomic mass is 9.91. The van der Waals surface area contributed by atoms with E-state index in [0.29, 0.717) is 6.61 Å². The predicted molar refractivity (Wildman–Crippen MR) is 153 cm³/mol. The zero-order chi connectivity index (χ0) is 26.0. The van der Waals surface area contributed by atoms with E-state index in [4.69, 9.17) is 13.9 Å². The smallest absolute Gasteiger partial charge is 0.250 e. The van der Waals surface area contributed by atoms with Crippen LogP contribution in [0, 0.1) is 0 Å². The minimum absolute atomic E-state index is 0.0769. The summed E-state index contributed by atoms with van der Waals surface area (Å²) in [5.74, 6) is 1.58.